The van der Waals surface area contributed by atoms with Gasteiger partial charge in [-0.3, -0.25) is 0 Å². The molecule has 3 heterocycles. The molecule has 3 atom stereocenters. The highest BCUT2D eigenvalue weighted by molar-refractivity contribution is 6.32. The Balaban J connectivity index is 1.81. The molecule has 31 heavy (non-hydrogen) atoms. The Morgan fingerprint density at radius 2 is 2.03 bits per heavy atom. The minimum atomic E-state index is 0.171. The van der Waals surface area contributed by atoms with E-state index in [-0.39, 0.29) is 18.6 Å². The van der Waals surface area contributed by atoms with Gasteiger partial charge in [-0.05, 0) is 37.7 Å². The summed E-state index contributed by atoms with van der Waals surface area (Å²) in [5.41, 5.74) is 2.01. The lowest BCUT2D eigenvalue weighted by Crippen LogP contribution is -2.24. The molecule has 3 unspecified atom stereocenters. The van der Waals surface area contributed by atoms with Crippen molar-refractivity contribution in [2.24, 2.45) is 11.8 Å². The van der Waals surface area contributed by atoms with Crippen molar-refractivity contribution in [2.75, 3.05) is 38.0 Å². The highest BCUT2D eigenvalue weighted by Gasteiger charge is 2.32. The standard InChI is InChI=1S/C22H28ClN5O3/c1-11-6-13(10-29)7-15(11)25-21-18(20(23)26-22(27-21)28(3)4)16-8-14-9-17(30-5)24-12(2)19(14)31-16/h8-9,11,13,15,29H,6-7,10H2,1-5H3,(H,25,26,27). The maximum absolute atomic E-state index is 9.60. The molecule has 8 nitrogen and oxygen atoms in total. The molecular formula is C22H28ClN5O3. The van der Waals surface area contributed by atoms with Crippen molar-refractivity contribution in [1.82, 2.24) is 15.0 Å². The minimum Gasteiger partial charge on any atom is -0.481 e. The minimum absolute atomic E-state index is 0.171. The number of nitrogens with one attached hydrogen (secondary N) is 1. The number of aryl methyl sites for hydroxylation is 1. The number of ether oxygens (including phenoxy) is 1. The number of anilines is 2. The number of hydrogen-bond acceptors (Lipinski definition) is 8. The van der Waals surface area contributed by atoms with Gasteiger partial charge in [0.15, 0.2) is 5.58 Å². The molecular weight excluding hydrogens is 418 g/mol. The van der Waals surface area contributed by atoms with Crippen molar-refractivity contribution < 1.29 is 14.3 Å². The van der Waals surface area contributed by atoms with Crippen LogP contribution in [0.3, 0.4) is 0 Å². The maximum atomic E-state index is 9.60. The fourth-order valence-corrected chi connectivity index (χ4v) is 4.51. The van der Waals surface area contributed by atoms with E-state index in [1.165, 1.54) is 0 Å². The van der Waals surface area contributed by atoms with Gasteiger partial charge in [-0.25, -0.2) is 9.97 Å². The molecule has 1 aliphatic carbocycles. The smallest absolute Gasteiger partial charge is 0.228 e. The number of aliphatic hydroxyl groups is 1. The highest BCUT2D eigenvalue weighted by Crippen LogP contribution is 2.40. The van der Waals surface area contributed by atoms with E-state index in [0.717, 1.165) is 23.9 Å². The van der Waals surface area contributed by atoms with Gasteiger partial charge in [0.2, 0.25) is 11.8 Å². The first-order valence-electron chi connectivity index (χ1n) is 10.4. The number of nitrogens with zero attached hydrogens (tertiary/aromatic N) is 4. The molecule has 0 radical (unpaired) electrons. The van der Waals surface area contributed by atoms with Crippen LogP contribution in [-0.2, 0) is 0 Å². The van der Waals surface area contributed by atoms with E-state index in [0.29, 0.717) is 45.6 Å². The van der Waals surface area contributed by atoms with Crippen molar-refractivity contribution in [3.8, 4) is 17.2 Å². The SMILES string of the molecule is COc1cc2cc(-c3c(Cl)nc(N(C)C)nc3NC3CC(CO)CC3C)oc2c(C)n1. The van der Waals surface area contributed by atoms with Crippen LogP contribution in [0.5, 0.6) is 5.88 Å². The average Bonchev–Trinajstić information content (AvgIpc) is 3.31. The van der Waals surface area contributed by atoms with Crippen LogP contribution in [0.4, 0.5) is 11.8 Å². The summed E-state index contributed by atoms with van der Waals surface area (Å²) < 4.78 is 11.5. The number of pyridine rings is 1. The number of fused-ring (bicyclic) bond motifs is 1. The largest absolute Gasteiger partial charge is 0.481 e. The Bertz CT molecular complexity index is 1100. The second-order valence-electron chi connectivity index (χ2n) is 8.46. The summed E-state index contributed by atoms with van der Waals surface area (Å²) >= 11 is 6.66. The van der Waals surface area contributed by atoms with Crippen LogP contribution in [-0.4, -0.2) is 53.9 Å². The second-order valence-corrected chi connectivity index (χ2v) is 8.82. The molecule has 9 heteroatoms. The summed E-state index contributed by atoms with van der Waals surface area (Å²) in [6, 6.07) is 3.91. The lowest BCUT2D eigenvalue weighted by atomic mass is 10.1. The molecule has 0 saturated heterocycles. The normalized spacial score (nSPS) is 20.9. The molecule has 0 aromatic carbocycles. The molecule has 1 aliphatic rings. The van der Waals surface area contributed by atoms with Crippen LogP contribution in [0.1, 0.15) is 25.5 Å². The quantitative estimate of drug-likeness (QED) is 0.546. The summed E-state index contributed by atoms with van der Waals surface area (Å²) in [6.45, 7) is 4.26. The third-order valence-electron chi connectivity index (χ3n) is 5.91. The van der Waals surface area contributed by atoms with Gasteiger partial charge in [-0.2, -0.15) is 4.98 Å². The van der Waals surface area contributed by atoms with Gasteiger partial charge in [0.1, 0.15) is 16.7 Å². The number of methoxy groups -OCH3 is 1. The van der Waals surface area contributed by atoms with Crippen molar-refractivity contribution in [1.29, 1.82) is 0 Å². The molecule has 0 spiro atoms. The zero-order chi connectivity index (χ0) is 22.3. The predicted octanol–water partition coefficient (Wildman–Crippen LogP) is 4.14. The summed E-state index contributed by atoms with van der Waals surface area (Å²) in [5.74, 6) is 2.90. The molecule has 166 valence electrons. The molecule has 3 aromatic rings. The van der Waals surface area contributed by atoms with E-state index in [1.807, 2.05) is 38.1 Å². The van der Waals surface area contributed by atoms with Gasteiger partial charge >= 0.3 is 0 Å². The number of aromatic nitrogens is 3. The van der Waals surface area contributed by atoms with Crippen molar-refractivity contribution >= 4 is 34.3 Å². The van der Waals surface area contributed by atoms with Gasteiger partial charge in [-0.15, -0.1) is 0 Å². The summed E-state index contributed by atoms with van der Waals surface area (Å²) in [4.78, 5) is 15.4. The Kier molecular flexibility index (Phi) is 5.94. The van der Waals surface area contributed by atoms with Gasteiger partial charge in [-0.1, -0.05) is 18.5 Å². The topological polar surface area (TPSA) is 96.5 Å². The molecule has 1 saturated carbocycles. The van der Waals surface area contributed by atoms with Crippen LogP contribution in [0, 0.1) is 18.8 Å². The molecule has 2 N–H and O–H groups in total. The average molecular weight is 446 g/mol. The first kappa shape index (κ1) is 21.6. The number of furan rings is 1. The molecule has 1 fully saturated rings. The van der Waals surface area contributed by atoms with Crippen LogP contribution < -0.4 is 15.0 Å². The summed E-state index contributed by atoms with van der Waals surface area (Å²) in [6.07, 6.45) is 1.84. The lowest BCUT2D eigenvalue weighted by Gasteiger charge is -2.21. The van der Waals surface area contributed by atoms with Crippen molar-refractivity contribution in [3.05, 3.63) is 23.0 Å². The van der Waals surface area contributed by atoms with E-state index in [4.69, 9.17) is 25.7 Å². The van der Waals surface area contributed by atoms with Crippen LogP contribution in [0.15, 0.2) is 16.5 Å². The van der Waals surface area contributed by atoms with E-state index in [1.54, 1.807) is 7.11 Å². The Labute approximate surface area is 186 Å². The van der Waals surface area contributed by atoms with Crippen LogP contribution in [0.25, 0.3) is 22.3 Å². The predicted molar refractivity (Wildman–Crippen MR) is 122 cm³/mol. The number of halogens is 1. The van der Waals surface area contributed by atoms with Gasteiger partial charge in [0, 0.05) is 38.2 Å². The fraction of sp³-hybridized carbons (Fsp3) is 0.500. The first-order chi connectivity index (χ1) is 14.8. The molecule has 4 rings (SSSR count). The van der Waals surface area contributed by atoms with E-state index < -0.39 is 0 Å². The van der Waals surface area contributed by atoms with Gasteiger partial charge < -0.3 is 24.5 Å². The monoisotopic (exact) mass is 445 g/mol. The Morgan fingerprint density at radius 1 is 1.26 bits per heavy atom. The molecule has 3 aromatic heterocycles. The lowest BCUT2D eigenvalue weighted by molar-refractivity contribution is 0.226. The molecule has 0 aliphatic heterocycles. The number of rotatable bonds is 6. The third kappa shape index (κ3) is 4.14. The number of aliphatic hydroxyl groups excluding tert-OH is 1. The van der Waals surface area contributed by atoms with Crippen molar-refractivity contribution in [3.63, 3.8) is 0 Å². The van der Waals surface area contributed by atoms with Crippen LogP contribution >= 0.6 is 11.6 Å². The Morgan fingerprint density at radius 3 is 2.68 bits per heavy atom. The molecule has 0 bridgehead atoms. The van der Waals surface area contributed by atoms with Gasteiger partial charge in [0.25, 0.3) is 0 Å². The van der Waals surface area contributed by atoms with Gasteiger partial charge in [0.05, 0.1) is 18.4 Å². The highest BCUT2D eigenvalue weighted by atomic mass is 35.5. The first-order valence-corrected chi connectivity index (χ1v) is 10.8. The van der Waals surface area contributed by atoms with Crippen LogP contribution in [0.2, 0.25) is 5.15 Å². The van der Waals surface area contributed by atoms with E-state index in [2.05, 4.69) is 22.2 Å². The number of hydrogen-bond donors (Lipinski definition) is 2. The summed E-state index contributed by atoms with van der Waals surface area (Å²) in [5, 5.41) is 14.3. The summed E-state index contributed by atoms with van der Waals surface area (Å²) in [7, 11) is 5.33. The maximum Gasteiger partial charge on any atom is 0.228 e. The zero-order valence-corrected chi connectivity index (χ0v) is 19.2. The van der Waals surface area contributed by atoms with Crippen molar-refractivity contribution in [2.45, 2.75) is 32.7 Å². The second kappa shape index (κ2) is 8.51. The molecule has 0 amide bonds. The van der Waals surface area contributed by atoms with E-state index >= 15 is 0 Å². The fourth-order valence-electron chi connectivity index (χ4n) is 4.25. The zero-order valence-electron chi connectivity index (χ0n) is 18.4. The Hall–Kier alpha value is -2.58. The van der Waals surface area contributed by atoms with E-state index in [9.17, 15) is 5.11 Å². The third-order valence-corrected chi connectivity index (χ3v) is 6.19.